The number of rotatable bonds is 3. The quantitative estimate of drug-likeness (QED) is 0.835. The third-order valence-corrected chi connectivity index (χ3v) is 3.40. The molecule has 0 aliphatic carbocycles. The molecule has 0 bridgehead atoms. The number of pyridine rings is 1. The zero-order chi connectivity index (χ0) is 14.5. The van der Waals surface area contributed by atoms with Gasteiger partial charge in [-0.3, -0.25) is 9.59 Å². The molecule has 1 aromatic heterocycles. The highest BCUT2D eigenvalue weighted by atomic mass is 16.5. The molecule has 0 saturated carbocycles. The maximum absolute atomic E-state index is 12.4. The van der Waals surface area contributed by atoms with Crippen LogP contribution in [0, 0.1) is 5.92 Å². The average Bonchev–Trinajstić information content (AvgIpc) is 2.47. The first-order chi connectivity index (χ1) is 9.63. The molecule has 1 aliphatic rings. The number of nitrogen functional groups attached to an aromatic ring is 1. The molecule has 1 aromatic rings. The Morgan fingerprint density at radius 2 is 2.35 bits per heavy atom. The summed E-state index contributed by atoms with van der Waals surface area (Å²) < 4.78 is 5.02. The normalized spacial score (nSPS) is 18.6. The molecule has 108 valence electrons. The fourth-order valence-electron chi connectivity index (χ4n) is 2.38. The van der Waals surface area contributed by atoms with Gasteiger partial charge in [0.2, 0.25) is 0 Å². The third-order valence-electron chi connectivity index (χ3n) is 3.40. The molecule has 20 heavy (non-hydrogen) atoms. The standard InChI is InChI=1S/C14H19N3O3/c1-2-20-14(19)10-5-4-8-17(9-10)13(18)11-6-3-7-16-12(11)15/h3,6-7,10H,2,4-5,8-9H2,1H3,(H2,15,16). The number of carbonyl (C=O) groups excluding carboxylic acids is 2. The van der Waals surface area contributed by atoms with E-state index in [9.17, 15) is 9.59 Å². The lowest BCUT2D eigenvalue weighted by Gasteiger charge is -2.31. The van der Waals surface area contributed by atoms with Crippen LogP contribution in [0.15, 0.2) is 18.3 Å². The number of hydrogen-bond donors (Lipinski definition) is 1. The number of nitrogens with zero attached hydrogens (tertiary/aromatic N) is 2. The summed E-state index contributed by atoms with van der Waals surface area (Å²) in [6.07, 6.45) is 3.09. The summed E-state index contributed by atoms with van der Waals surface area (Å²) in [4.78, 5) is 29.7. The highest BCUT2D eigenvalue weighted by Gasteiger charge is 2.30. The largest absolute Gasteiger partial charge is 0.466 e. The summed E-state index contributed by atoms with van der Waals surface area (Å²) in [5, 5.41) is 0. The SMILES string of the molecule is CCOC(=O)C1CCCN(C(=O)c2cccnc2N)C1. The number of likely N-dealkylation sites (tertiary alicyclic amines) is 1. The Morgan fingerprint density at radius 3 is 3.05 bits per heavy atom. The highest BCUT2D eigenvalue weighted by molar-refractivity contribution is 5.98. The first kappa shape index (κ1) is 14.3. The van der Waals surface area contributed by atoms with Crippen molar-refractivity contribution in [3.63, 3.8) is 0 Å². The smallest absolute Gasteiger partial charge is 0.310 e. The van der Waals surface area contributed by atoms with Crippen molar-refractivity contribution in [2.75, 3.05) is 25.4 Å². The van der Waals surface area contributed by atoms with Gasteiger partial charge >= 0.3 is 5.97 Å². The first-order valence-electron chi connectivity index (χ1n) is 6.80. The van der Waals surface area contributed by atoms with Gasteiger partial charge in [0.05, 0.1) is 18.1 Å². The fraction of sp³-hybridized carbons (Fsp3) is 0.500. The fourth-order valence-corrected chi connectivity index (χ4v) is 2.38. The average molecular weight is 277 g/mol. The second-order valence-electron chi connectivity index (χ2n) is 4.78. The minimum Gasteiger partial charge on any atom is -0.466 e. The molecule has 1 aliphatic heterocycles. The Morgan fingerprint density at radius 1 is 1.55 bits per heavy atom. The van der Waals surface area contributed by atoms with E-state index < -0.39 is 0 Å². The van der Waals surface area contributed by atoms with Crippen molar-refractivity contribution in [3.05, 3.63) is 23.9 Å². The molecule has 1 amide bonds. The number of amides is 1. The van der Waals surface area contributed by atoms with Gasteiger partial charge in [0.15, 0.2) is 0 Å². The van der Waals surface area contributed by atoms with Gasteiger partial charge in [-0.05, 0) is 31.9 Å². The number of anilines is 1. The van der Waals surface area contributed by atoms with Gasteiger partial charge in [0, 0.05) is 19.3 Å². The summed E-state index contributed by atoms with van der Waals surface area (Å²) in [5.74, 6) is -0.435. The predicted molar refractivity (Wildman–Crippen MR) is 73.9 cm³/mol. The molecule has 0 radical (unpaired) electrons. The number of hydrogen-bond acceptors (Lipinski definition) is 5. The van der Waals surface area contributed by atoms with Crippen LogP contribution in [-0.4, -0.2) is 41.5 Å². The molecule has 0 aromatic carbocycles. The predicted octanol–water partition coefficient (Wildman–Crippen LogP) is 1.08. The zero-order valence-electron chi connectivity index (χ0n) is 11.5. The summed E-state index contributed by atoms with van der Waals surface area (Å²) in [5.41, 5.74) is 6.11. The van der Waals surface area contributed by atoms with Crippen molar-refractivity contribution in [2.24, 2.45) is 5.92 Å². The number of piperidine rings is 1. The van der Waals surface area contributed by atoms with Crippen molar-refractivity contribution < 1.29 is 14.3 Å². The molecule has 1 saturated heterocycles. The van der Waals surface area contributed by atoms with Crippen molar-refractivity contribution >= 4 is 17.7 Å². The highest BCUT2D eigenvalue weighted by Crippen LogP contribution is 2.21. The van der Waals surface area contributed by atoms with Crippen molar-refractivity contribution in [2.45, 2.75) is 19.8 Å². The van der Waals surface area contributed by atoms with Crippen LogP contribution in [0.4, 0.5) is 5.82 Å². The van der Waals surface area contributed by atoms with E-state index in [1.807, 2.05) is 0 Å². The van der Waals surface area contributed by atoms with E-state index in [2.05, 4.69) is 4.98 Å². The van der Waals surface area contributed by atoms with Crippen LogP contribution in [0.25, 0.3) is 0 Å². The molecule has 2 rings (SSSR count). The molecule has 1 unspecified atom stereocenters. The minimum atomic E-state index is -0.245. The second kappa shape index (κ2) is 6.36. The van der Waals surface area contributed by atoms with E-state index in [-0.39, 0.29) is 23.6 Å². The number of nitrogens with two attached hydrogens (primary N) is 1. The van der Waals surface area contributed by atoms with E-state index in [4.69, 9.17) is 10.5 Å². The number of carbonyl (C=O) groups is 2. The van der Waals surface area contributed by atoms with E-state index >= 15 is 0 Å². The van der Waals surface area contributed by atoms with Crippen LogP contribution < -0.4 is 5.73 Å². The Kier molecular flexibility index (Phi) is 4.55. The Labute approximate surface area is 117 Å². The monoisotopic (exact) mass is 277 g/mol. The molecule has 6 nitrogen and oxygen atoms in total. The number of esters is 1. The second-order valence-corrected chi connectivity index (χ2v) is 4.78. The molecular weight excluding hydrogens is 258 g/mol. The lowest BCUT2D eigenvalue weighted by atomic mass is 9.97. The van der Waals surface area contributed by atoms with Crippen molar-refractivity contribution in [1.29, 1.82) is 0 Å². The molecule has 2 heterocycles. The van der Waals surface area contributed by atoms with Crippen LogP contribution in [0.2, 0.25) is 0 Å². The van der Waals surface area contributed by atoms with Gasteiger partial charge in [0.25, 0.3) is 5.91 Å². The zero-order valence-corrected chi connectivity index (χ0v) is 11.5. The van der Waals surface area contributed by atoms with E-state index in [0.717, 1.165) is 12.8 Å². The Bertz CT molecular complexity index is 504. The lowest BCUT2D eigenvalue weighted by molar-refractivity contribution is -0.149. The summed E-state index contributed by atoms with van der Waals surface area (Å²) >= 11 is 0. The summed E-state index contributed by atoms with van der Waals surface area (Å²) in [6, 6.07) is 3.33. The van der Waals surface area contributed by atoms with Crippen LogP contribution in [-0.2, 0) is 9.53 Å². The number of aromatic nitrogens is 1. The van der Waals surface area contributed by atoms with E-state index in [1.54, 1.807) is 30.2 Å². The van der Waals surface area contributed by atoms with Crippen LogP contribution in [0.5, 0.6) is 0 Å². The maximum atomic E-state index is 12.4. The molecule has 1 atom stereocenters. The molecule has 2 N–H and O–H groups in total. The van der Waals surface area contributed by atoms with Crippen LogP contribution in [0.1, 0.15) is 30.1 Å². The molecule has 0 spiro atoms. The van der Waals surface area contributed by atoms with Gasteiger partial charge in [-0.25, -0.2) is 4.98 Å². The van der Waals surface area contributed by atoms with Crippen molar-refractivity contribution in [1.82, 2.24) is 9.88 Å². The Hall–Kier alpha value is -2.11. The van der Waals surface area contributed by atoms with Crippen molar-refractivity contribution in [3.8, 4) is 0 Å². The summed E-state index contributed by atoms with van der Waals surface area (Å²) in [6.45, 7) is 3.15. The van der Waals surface area contributed by atoms with Gasteiger partial charge < -0.3 is 15.4 Å². The van der Waals surface area contributed by atoms with Crippen LogP contribution >= 0.6 is 0 Å². The van der Waals surface area contributed by atoms with E-state index in [1.165, 1.54) is 0 Å². The first-order valence-corrected chi connectivity index (χ1v) is 6.80. The van der Waals surface area contributed by atoms with Gasteiger partial charge in [-0.1, -0.05) is 0 Å². The minimum absolute atomic E-state index is 0.176. The van der Waals surface area contributed by atoms with E-state index in [0.29, 0.717) is 25.3 Å². The van der Waals surface area contributed by atoms with Crippen LogP contribution in [0.3, 0.4) is 0 Å². The Balaban J connectivity index is 2.07. The third kappa shape index (κ3) is 3.07. The number of ether oxygens (including phenoxy) is 1. The molecular formula is C14H19N3O3. The lowest BCUT2D eigenvalue weighted by Crippen LogP contribution is -2.43. The van der Waals surface area contributed by atoms with Gasteiger partial charge in [-0.2, -0.15) is 0 Å². The maximum Gasteiger partial charge on any atom is 0.310 e. The molecule has 6 heteroatoms. The van der Waals surface area contributed by atoms with Gasteiger partial charge in [-0.15, -0.1) is 0 Å². The topological polar surface area (TPSA) is 85.5 Å². The molecule has 1 fully saturated rings. The summed E-state index contributed by atoms with van der Waals surface area (Å²) in [7, 11) is 0. The van der Waals surface area contributed by atoms with Gasteiger partial charge in [0.1, 0.15) is 5.82 Å².